The minimum absolute atomic E-state index is 0.455. The maximum atomic E-state index is 9.55. The van der Waals surface area contributed by atoms with Crippen LogP contribution in [-0.2, 0) is 12.0 Å². The molecule has 1 aromatic rings. The monoisotopic (exact) mass is 319 g/mol. The van der Waals surface area contributed by atoms with Gasteiger partial charge < -0.3 is 0 Å². The van der Waals surface area contributed by atoms with Crippen LogP contribution in [0, 0.1) is 11.3 Å². The lowest BCUT2D eigenvalue weighted by Gasteiger charge is -2.24. The van der Waals surface area contributed by atoms with Gasteiger partial charge in [-0.3, -0.25) is 5.32 Å². The molecule has 1 aromatic carbocycles. The topological polar surface area (TPSA) is 84.6 Å². The Hall–Kier alpha value is -1.54. The third kappa shape index (κ3) is 2.74. The summed E-state index contributed by atoms with van der Waals surface area (Å²) < 4.78 is 1.07. The fraction of sp³-hybridized carbons (Fsp3) is 0.462. The van der Waals surface area contributed by atoms with E-state index < -0.39 is 5.54 Å². The van der Waals surface area contributed by atoms with Crippen LogP contribution in [0.2, 0.25) is 0 Å². The van der Waals surface area contributed by atoms with Gasteiger partial charge in [-0.2, -0.15) is 5.26 Å². The lowest BCUT2D eigenvalue weighted by Crippen LogP contribution is -2.39. The Labute approximate surface area is 120 Å². The minimum Gasteiger partial charge on any atom is -0.296 e. The van der Waals surface area contributed by atoms with Crippen LogP contribution in [0.5, 0.6) is 0 Å². The number of azide groups is 1. The third-order valence-corrected chi connectivity index (χ3v) is 4.19. The molecule has 2 rings (SSSR count). The molecule has 0 amide bonds. The summed E-state index contributed by atoms with van der Waals surface area (Å²) in [5.74, 6) is 0. The van der Waals surface area contributed by atoms with Crippen LogP contribution in [0.1, 0.15) is 24.0 Å². The smallest absolute Gasteiger partial charge is 0.132 e. The molecule has 0 heterocycles. The van der Waals surface area contributed by atoms with Gasteiger partial charge in [0, 0.05) is 15.9 Å². The number of nitrogens with zero attached hydrogens (tertiary/aromatic N) is 4. The van der Waals surface area contributed by atoms with Crippen LogP contribution >= 0.6 is 15.9 Å². The normalized spacial score (nSPS) is 20.4. The van der Waals surface area contributed by atoms with Crippen molar-refractivity contribution in [1.29, 1.82) is 5.26 Å². The Morgan fingerprint density at radius 1 is 1.58 bits per heavy atom. The Kier molecular flexibility index (Phi) is 4.43. The van der Waals surface area contributed by atoms with Gasteiger partial charge in [0.25, 0.3) is 0 Å². The van der Waals surface area contributed by atoms with E-state index >= 15 is 0 Å². The van der Waals surface area contributed by atoms with Gasteiger partial charge in [0.1, 0.15) is 5.54 Å². The molecule has 6 heteroatoms. The molecule has 0 saturated carbocycles. The van der Waals surface area contributed by atoms with Crippen LogP contribution in [-0.4, -0.2) is 13.1 Å². The van der Waals surface area contributed by atoms with Crippen LogP contribution in [0.4, 0.5) is 0 Å². The summed E-state index contributed by atoms with van der Waals surface area (Å²) in [4.78, 5) is 2.72. The molecule has 1 atom stereocenters. The van der Waals surface area contributed by atoms with E-state index in [4.69, 9.17) is 5.53 Å². The van der Waals surface area contributed by atoms with Gasteiger partial charge in [0.2, 0.25) is 0 Å². The minimum atomic E-state index is -0.602. The van der Waals surface area contributed by atoms with Crippen LogP contribution in [0.15, 0.2) is 27.8 Å². The molecule has 0 radical (unpaired) electrons. The van der Waals surface area contributed by atoms with Crippen molar-refractivity contribution in [3.63, 3.8) is 0 Å². The Morgan fingerprint density at radius 3 is 3.16 bits per heavy atom. The van der Waals surface area contributed by atoms with Crippen molar-refractivity contribution in [3.8, 4) is 6.07 Å². The summed E-state index contributed by atoms with van der Waals surface area (Å²) in [6.07, 6.45) is 2.41. The highest BCUT2D eigenvalue weighted by Gasteiger charge is 2.39. The molecule has 19 heavy (non-hydrogen) atoms. The van der Waals surface area contributed by atoms with Crippen LogP contribution < -0.4 is 5.32 Å². The number of fused-ring (bicyclic) bond motifs is 1. The number of halogens is 1. The maximum Gasteiger partial charge on any atom is 0.132 e. The van der Waals surface area contributed by atoms with Gasteiger partial charge in [-0.25, -0.2) is 0 Å². The maximum absolute atomic E-state index is 9.55. The van der Waals surface area contributed by atoms with Gasteiger partial charge in [0.15, 0.2) is 0 Å². The number of nitrogens with one attached hydrogen (secondary N) is 1. The Bertz CT molecular complexity index is 559. The first kappa shape index (κ1) is 13.9. The second-order valence-electron chi connectivity index (χ2n) is 4.52. The van der Waals surface area contributed by atoms with Gasteiger partial charge >= 0.3 is 0 Å². The SMILES string of the molecule is N#CC1(NCCCN=[N+]=[N-])CCc2c(Br)cccc21. The number of benzene rings is 1. The molecule has 1 aliphatic rings. The molecule has 98 valence electrons. The molecule has 1 unspecified atom stereocenters. The first-order chi connectivity index (χ1) is 9.23. The van der Waals surface area contributed by atoms with Crippen molar-refractivity contribution in [1.82, 2.24) is 5.32 Å². The first-order valence-corrected chi connectivity index (χ1v) is 6.98. The summed E-state index contributed by atoms with van der Waals surface area (Å²) in [5.41, 5.74) is 9.89. The molecule has 5 nitrogen and oxygen atoms in total. The van der Waals surface area contributed by atoms with Crippen molar-refractivity contribution in [3.05, 3.63) is 44.2 Å². The highest BCUT2D eigenvalue weighted by molar-refractivity contribution is 9.10. The molecule has 0 aliphatic heterocycles. The molecule has 0 bridgehead atoms. The van der Waals surface area contributed by atoms with E-state index in [1.807, 2.05) is 18.2 Å². The van der Waals surface area contributed by atoms with Crippen molar-refractivity contribution < 1.29 is 0 Å². The average Bonchev–Trinajstić information content (AvgIpc) is 2.80. The van der Waals surface area contributed by atoms with E-state index in [0.717, 1.165) is 29.3 Å². The summed E-state index contributed by atoms with van der Waals surface area (Å²) in [7, 11) is 0. The number of hydrogen-bond donors (Lipinski definition) is 1. The summed E-state index contributed by atoms with van der Waals surface area (Å²) in [6, 6.07) is 8.40. The first-order valence-electron chi connectivity index (χ1n) is 6.18. The fourth-order valence-electron chi connectivity index (χ4n) is 2.50. The Morgan fingerprint density at radius 2 is 2.42 bits per heavy atom. The van der Waals surface area contributed by atoms with Gasteiger partial charge in [-0.15, -0.1) is 0 Å². The second kappa shape index (κ2) is 6.07. The number of hydrogen-bond acceptors (Lipinski definition) is 3. The summed E-state index contributed by atoms with van der Waals surface area (Å²) in [6.45, 7) is 1.12. The predicted octanol–water partition coefficient (Wildman–Crippen LogP) is 3.40. The number of nitriles is 1. The van der Waals surface area contributed by atoms with E-state index in [1.165, 1.54) is 5.56 Å². The molecule has 0 saturated heterocycles. The largest absolute Gasteiger partial charge is 0.296 e. The van der Waals surface area contributed by atoms with E-state index in [-0.39, 0.29) is 0 Å². The van der Waals surface area contributed by atoms with Gasteiger partial charge in [-0.05, 0) is 48.5 Å². The zero-order valence-corrected chi connectivity index (χ0v) is 12.0. The zero-order chi connectivity index (χ0) is 13.7. The lowest BCUT2D eigenvalue weighted by molar-refractivity contribution is 0.422. The van der Waals surface area contributed by atoms with E-state index in [0.29, 0.717) is 13.1 Å². The van der Waals surface area contributed by atoms with Crippen molar-refractivity contribution >= 4 is 15.9 Å². The predicted molar refractivity (Wildman–Crippen MR) is 76.4 cm³/mol. The lowest BCUT2D eigenvalue weighted by atomic mass is 9.93. The summed E-state index contributed by atoms with van der Waals surface area (Å²) >= 11 is 3.54. The standard InChI is InChI=1S/C13H14BrN5/c14-12-4-1-3-11-10(12)5-6-13(11,9-15)17-7-2-8-18-19-16/h1,3-4,17H,2,5-8H2. The van der Waals surface area contributed by atoms with Crippen molar-refractivity contribution in [2.24, 2.45) is 5.11 Å². The van der Waals surface area contributed by atoms with Crippen LogP contribution in [0.3, 0.4) is 0 Å². The third-order valence-electron chi connectivity index (χ3n) is 3.44. The molecule has 0 aromatic heterocycles. The average molecular weight is 320 g/mol. The summed E-state index contributed by atoms with van der Waals surface area (Å²) in [5, 5.41) is 16.4. The van der Waals surface area contributed by atoms with E-state index in [9.17, 15) is 5.26 Å². The zero-order valence-electron chi connectivity index (χ0n) is 10.4. The molecular formula is C13H14BrN5. The molecular weight excluding hydrogens is 306 g/mol. The second-order valence-corrected chi connectivity index (χ2v) is 5.37. The number of rotatable bonds is 5. The van der Waals surface area contributed by atoms with Crippen molar-refractivity contribution in [2.45, 2.75) is 24.8 Å². The van der Waals surface area contributed by atoms with E-state index in [2.05, 4.69) is 37.3 Å². The molecule has 0 fully saturated rings. The highest BCUT2D eigenvalue weighted by atomic mass is 79.9. The quantitative estimate of drug-likeness (QED) is 0.390. The van der Waals surface area contributed by atoms with Crippen LogP contribution in [0.25, 0.3) is 10.4 Å². The van der Waals surface area contributed by atoms with Gasteiger partial charge in [0.05, 0.1) is 6.07 Å². The fourth-order valence-corrected chi connectivity index (χ4v) is 3.06. The van der Waals surface area contributed by atoms with Crippen molar-refractivity contribution in [2.75, 3.05) is 13.1 Å². The molecule has 1 N–H and O–H groups in total. The molecule has 0 spiro atoms. The Balaban J connectivity index is 2.12. The van der Waals surface area contributed by atoms with E-state index in [1.54, 1.807) is 0 Å². The highest BCUT2D eigenvalue weighted by Crippen LogP contribution is 2.39. The molecule has 1 aliphatic carbocycles. The van der Waals surface area contributed by atoms with Gasteiger partial charge in [-0.1, -0.05) is 33.2 Å².